The number of amides is 1. The van der Waals surface area contributed by atoms with Crippen LogP contribution in [0.5, 0.6) is 0 Å². The molecule has 436 valence electrons. The van der Waals surface area contributed by atoms with Crippen LogP contribution in [0.25, 0.3) is 11.1 Å². The van der Waals surface area contributed by atoms with Crippen LogP contribution in [0.3, 0.4) is 0 Å². The van der Waals surface area contributed by atoms with Gasteiger partial charge in [0.05, 0.1) is 59.4 Å². The van der Waals surface area contributed by atoms with Crippen molar-refractivity contribution in [1.82, 2.24) is 15.2 Å². The predicted molar refractivity (Wildman–Crippen MR) is 283 cm³/mol. The van der Waals surface area contributed by atoms with Gasteiger partial charge in [0.1, 0.15) is 36.7 Å². The number of methoxy groups -OCH3 is 3. The fourth-order valence-corrected chi connectivity index (χ4v) is 11.4. The zero-order valence-electron chi connectivity index (χ0n) is 47.5. The molecule has 4 heterocycles. The van der Waals surface area contributed by atoms with Gasteiger partial charge in [-0.3, -0.25) is 14.6 Å². The molecule has 1 amide bonds. The standard InChI is InChI=1S/C56H89FN4O16/c1-15-42-56(10,68)49(65)33(4)45(60-72-30-69-12)31(2)26-55(9,71-14)51(34(5)48(35(6)52(67)75-42)76-44-27-54(8,70-13)50(66)36(7)74-44)77-53-47(64)41(25-32(3)73-53)61(11)24-22-43(62)59-40(28-57)46(63)38-20-18-37(19-21-38)39-17-16-23-58-29-39/h16-21,23,29,31-36,40-42,44,46-51,53,63-66,68H,15,22,24-28,30H2,1-14H3,(H,59,62)/b60-45-/t31-,32-,33+,34+,35-,36+,40-,41+,42-,44+,46-,47-,48+,49-,50+,51-,53+,54?,55?,56?/m1/s1. The zero-order chi connectivity index (χ0) is 57.2. The van der Waals surface area contributed by atoms with E-state index in [4.69, 9.17) is 42.7 Å². The van der Waals surface area contributed by atoms with E-state index in [1.807, 2.05) is 44.7 Å². The number of carbonyl (C=O) groups excluding carboxylic acids is 2. The third kappa shape index (κ3) is 15.4. The summed E-state index contributed by atoms with van der Waals surface area (Å²) < 4.78 is 64.7. The maximum Gasteiger partial charge on any atom is 0.311 e. The Kier molecular flexibility index (Phi) is 23.3. The topological polar surface area (TPSA) is 259 Å². The smallest absolute Gasteiger partial charge is 0.311 e. The summed E-state index contributed by atoms with van der Waals surface area (Å²) in [5.74, 6) is -4.65. The van der Waals surface area contributed by atoms with Crippen LogP contribution in [-0.4, -0.2) is 192 Å². The molecular weight excluding hydrogens is 1000 g/mol. The van der Waals surface area contributed by atoms with Crippen LogP contribution in [0.4, 0.5) is 4.39 Å². The number of aliphatic hydroxyl groups is 5. The Morgan fingerprint density at radius 2 is 1.61 bits per heavy atom. The summed E-state index contributed by atoms with van der Waals surface area (Å²) in [6, 6.07) is 8.83. The van der Waals surface area contributed by atoms with E-state index in [0.717, 1.165) is 11.1 Å². The number of oxime groups is 1. The summed E-state index contributed by atoms with van der Waals surface area (Å²) in [5.41, 5.74) is -1.94. The van der Waals surface area contributed by atoms with Crippen LogP contribution >= 0.6 is 0 Å². The molecule has 1 aromatic carbocycles. The maximum atomic E-state index is 14.6. The fourth-order valence-electron chi connectivity index (χ4n) is 11.4. The number of pyridine rings is 1. The van der Waals surface area contributed by atoms with Gasteiger partial charge in [-0.25, -0.2) is 4.39 Å². The fraction of sp³-hybridized carbons (Fsp3) is 0.750. The molecule has 0 radical (unpaired) electrons. The minimum absolute atomic E-state index is 0.0615. The number of cyclic esters (lactones) is 1. The number of nitrogens with one attached hydrogen (secondary N) is 1. The van der Waals surface area contributed by atoms with Crippen molar-refractivity contribution in [3.05, 3.63) is 54.4 Å². The summed E-state index contributed by atoms with van der Waals surface area (Å²) in [5, 5.41) is 65.8. The number of rotatable bonds is 19. The van der Waals surface area contributed by atoms with Crippen molar-refractivity contribution in [3.63, 3.8) is 0 Å². The van der Waals surface area contributed by atoms with E-state index in [2.05, 4.69) is 15.5 Å². The lowest BCUT2D eigenvalue weighted by Crippen LogP contribution is -2.61. The highest BCUT2D eigenvalue weighted by Gasteiger charge is 2.54. The first kappa shape index (κ1) is 64.0. The molecule has 20 nitrogen and oxygen atoms in total. The molecule has 3 fully saturated rings. The second-order valence-electron chi connectivity index (χ2n) is 22.2. The van der Waals surface area contributed by atoms with Crippen molar-refractivity contribution in [1.29, 1.82) is 0 Å². The number of alkyl halides is 1. The van der Waals surface area contributed by atoms with Gasteiger partial charge in [-0.1, -0.05) is 63.2 Å². The van der Waals surface area contributed by atoms with E-state index >= 15 is 0 Å². The Labute approximate surface area is 454 Å². The van der Waals surface area contributed by atoms with E-state index in [1.165, 1.54) is 28.3 Å². The van der Waals surface area contributed by atoms with Gasteiger partial charge in [-0.05, 0) is 90.6 Å². The monoisotopic (exact) mass is 1090 g/mol. The van der Waals surface area contributed by atoms with E-state index in [0.29, 0.717) is 17.7 Å². The molecule has 1 aromatic heterocycles. The SMILES string of the molecule is CC[C@H]1OC(=O)[C@H](C)[C@@H](O[C@H]2CC(C)(OC)[C@@H](O)[C@H](C)O2)[C@H](C)[C@@H](O[C@@H]2O[C@H](C)C[C@H](N(C)CCC(=O)N[C@H](CF)[C@H](O)c3ccc(-c4cccnc4)cc3)[C@H]2O)C(C)(OC)C[C@@H](C)/C(=N/OCOC)[C@H](C)[C@@H](O)C1(C)O. The molecule has 3 aliphatic heterocycles. The number of carbonyl (C=O) groups is 2. The largest absolute Gasteiger partial charge is 0.459 e. The summed E-state index contributed by atoms with van der Waals surface area (Å²) in [6.07, 6.45) is -8.29. The molecule has 3 aliphatic rings. The first-order valence-corrected chi connectivity index (χ1v) is 26.9. The Bertz CT molecular complexity index is 2180. The number of halogens is 1. The normalized spacial score (nSPS) is 38.1. The van der Waals surface area contributed by atoms with Gasteiger partial charge in [0.2, 0.25) is 12.7 Å². The Hall–Kier alpha value is -3.81. The maximum absolute atomic E-state index is 14.6. The van der Waals surface area contributed by atoms with Crippen molar-refractivity contribution in [2.75, 3.05) is 48.4 Å². The molecule has 3 unspecified atom stereocenters. The highest BCUT2D eigenvalue weighted by Crippen LogP contribution is 2.42. The Morgan fingerprint density at radius 1 is 0.935 bits per heavy atom. The summed E-state index contributed by atoms with van der Waals surface area (Å²) >= 11 is 0. The van der Waals surface area contributed by atoms with Crippen LogP contribution in [0.1, 0.15) is 113 Å². The number of benzene rings is 1. The van der Waals surface area contributed by atoms with Crippen LogP contribution < -0.4 is 5.32 Å². The van der Waals surface area contributed by atoms with Gasteiger partial charge in [0, 0.05) is 76.9 Å². The number of hydrogen-bond acceptors (Lipinski definition) is 19. The predicted octanol–water partition coefficient (Wildman–Crippen LogP) is 4.86. The number of likely N-dealkylation sites (N-methyl/N-ethyl adjacent to an activating group) is 1. The molecule has 0 saturated carbocycles. The quantitative estimate of drug-likeness (QED) is 0.0475. The number of ether oxygens (including phenoxy) is 8. The Morgan fingerprint density at radius 3 is 2.21 bits per heavy atom. The lowest BCUT2D eigenvalue weighted by molar-refractivity contribution is -0.319. The van der Waals surface area contributed by atoms with E-state index in [1.54, 1.807) is 78.3 Å². The van der Waals surface area contributed by atoms with Crippen molar-refractivity contribution in [2.45, 2.75) is 198 Å². The first-order valence-electron chi connectivity index (χ1n) is 26.9. The van der Waals surface area contributed by atoms with Gasteiger partial charge >= 0.3 is 5.97 Å². The van der Waals surface area contributed by atoms with Crippen molar-refractivity contribution < 1.29 is 82.2 Å². The third-order valence-corrected chi connectivity index (χ3v) is 16.4. The zero-order valence-corrected chi connectivity index (χ0v) is 47.5. The van der Waals surface area contributed by atoms with E-state index < -0.39 is 139 Å². The summed E-state index contributed by atoms with van der Waals surface area (Å²) in [4.78, 5) is 39.6. The van der Waals surface area contributed by atoms with Crippen LogP contribution in [0, 0.1) is 23.7 Å². The molecule has 5 rings (SSSR count). The van der Waals surface area contributed by atoms with E-state index in [-0.39, 0.29) is 39.0 Å². The molecule has 0 bridgehead atoms. The molecule has 3 saturated heterocycles. The van der Waals surface area contributed by atoms with Gasteiger partial charge < -0.3 is 78.5 Å². The molecular formula is C56H89FN4O16. The summed E-state index contributed by atoms with van der Waals surface area (Å²) in [6.45, 7) is 16.1. The highest BCUT2D eigenvalue weighted by atomic mass is 19.1. The second-order valence-corrected chi connectivity index (χ2v) is 22.2. The van der Waals surface area contributed by atoms with E-state index in [9.17, 15) is 39.5 Å². The van der Waals surface area contributed by atoms with Crippen molar-refractivity contribution in [2.24, 2.45) is 28.8 Å². The van der Waals surface area contributed by atoms with Gasteiger partial charge in [0.15, 0.2) is 12.6 Å². The lowest BCUT2D eigenvalue weighted by Gasteiger charge is -2.50. The molecule has 20 atom stereocenters. The molecule has 0 spiro atoms. The Balaban J connectivity index is 1.47. The average molecular weight is 1090 g/mol. The minimum atomic E-state index is -1.99. The van der Waals surface area contributed by atoms with Crippen LogP contribution in [-0.2, 0) is 52.3 Å². The number of esters is 1. The lowest BCUT2D eigenvalue weighted by atomic mass is 9.73. The number of aromatic nitrogens is 1. The number of aliphatic hydroxyl groups excluding tert-OH is 4. The highest BCUT2D eigenvalue weighted by molar-refractivity contribution is 5.89. The molecule has 21 heteroatoms. The van der Waals surface area contributed by atoms with Gasteiger partial charge in [0.25, 0.3) is 0 Å². The number of hydrogen-bond donors (Lipinski definition) is 6. The molecule has 6 N–H and O–H groups in total. The van der Waals surface area contributed by atoms with Gasteiger partial charge in [-0.15, -0.1) is 0 Å². The van der Waals surface area contributed by atoms with Crippen LogP contribution in [0.15, 0.2) is 53.9 Å². The van der Waals surface area contributed by atoms with Gasteiger partial charge in [-0.2, -0.15) is 0 Å². The molecule has 0 aliphatic carbocycles. The molecule has 77 heavy (non-hydrogen) atoms. The average Bonchev–Trinajstić information content (AvgIpc) is 3.42. The third-order valence-electron chi connectivity index (χ3n) is 16.4. The van der Waals surface area contributed by atoms with Crippen molar-refractivity contribution >= 4 is 17.6 Å². The first-order chi connectivity index (χ1) is 36.3. The molecule has 2 aromatic rings. The second kappa shape index (κ2) is 28.1. The number of nitrogens with zero attached hydrogens (tertiary/aromatic N) is 3. The van der Waals surface area contributed by atoms with Crippen LogP contribution in [0.2, 0.25) is 0 Å². The minimum Gasteiger partial charge on any atom is -0.459 e. The van der Waals surface area contributed by atoms with Crippen molar-refractivity contribution in [3.8, 4) is 11.1 Å². The summed E-state index contributed by atoms with van der Waals surface area (Å²) in [7, 11) is 6.18.